The number of esters is 1. The summed E-state index contributed by atoms with van der Waals surface area (Å²) in [4.78, 5) is 22.3. The molecule has 1 aliphatic rings. The summed E-state index contributed by atoms with van der Waals surface area (Å²) in [5.74, 6) is -0.291. The Balaban J connectivity index is 2.14. The molecule has 0 aromatic carbocycles. The molecule has 1 aliphatic heterocycles. The van der Waals surface area contributed by atoms with Crippen LogP contribution in [0.15, 0.2) is 0 Å². The van der Waals surface area contributed by atoms with Crippen LogP contribution in [-0.4, -0.2) is 30.1 Å². The molecule has 0 atom stereocenters. The molecule has 0 saturated carbocycles. The summed E-state index contributed by atoms with van der Waals surface area (Å²) in [5.41, 5.74) is 0. The first kappa shape index (κ1) is 7.05. The van der Waals surface area contributed by atoms with Crippen molar-refractivity contribution in [3.8, 4) is 0 Å². The molecular weight excluding hydrogens is 134 g/mol. The summed E-state index contributed by atoms with van der Waals surface area (Å²) in [6.07, 6.45) is 0.585. The summed E-state index contributed by atoms with van der Waals surface area (Å²) in [6, 6.07) is 0. The lowest BCUT2D eigenvalue weighted by atomic mass is 10.2. The van der Waals surface area contributed by atoms with E-state index in [4.69, 9.17) is 0 Å². The van der Waals surface area contributed by atoms with Crippen LogP contribution >= 0.6 is 0 Å². The third kappa shape index (κ3) is 1.46. The summed E-state index contributed by atoms with van der Waals surface area (Å²) in [5, 5.41) is 0. The topological polar surface area (TPSA) is 46.6 Å². The first-order valence-corrected chi connectivity index (χ1v) is 3.11. The van der Waals surface area contributed by atoms with E-state index in [-0.39, 0.29) is 18.6 Å². The van der Waals surface area contributed by atoms with Gasteiger partial charge in [-0.2, -0.15) is 0 Å². The standard InChI is InChI=1S/C6H9NO3/c1-5(8)10-4-7-3-2-6(7)9/h2-4H2,1H3. The van der Waals surface area contributed by atoms with Crippen LogP contribution < -0.4 is 0 Å². The number of β-lactam (4-membered cyclic amide) rings is 1. The number of amides is 1. The molecule has 1 heterocycles. The molecule has 0 aromatic rings. The van der Waals surface area contributed by atoms with Crippen molar-refractivity contribution in [2.75, 3.05) is 13.3 Å². The van der Waals surface area contributed by atoms with E-state index in [9.17, 15) is 9.59 Å². The smallest absolute Gasteiger partial charge is 0.304 e. The van der Waals surface area contributed by atoms with Crippen LogP contribution in [0.2, 0.25) is 0 Å². The van der Waals surface area contributed by atoms with Crippen LogP contribution in [0.25, 0.3) is 0 Å². The molecule has 0 N–H and O–H groups in total. The average Bonchev–Trinajstić information content (AvgIpc) is 1.84. The van der Waals surface area contributed by atoms with Crippen LogP contribution in [-0.2, 0) is 14.3 Å². The number of rotatable bonds is 2. The Bertz CT molecular complexity index is 166. The maximum atomic E-state index is 10.6. The molecule has 0 unspecified atom stereocenters. The number of ether oxygens (including phenoxy) is 1. The minimum atomic E-state index is -0.347. The van der Waals surface area contributed by atoms with Gasteiger partial charge in [-0.15, -0.1) is 0 Å². The fraction of sp³-hybridized carbons (Fsp3) is 0.667. The minimum absolute atomic E-state index is 0.0567. The number of nitrogens with zero attached hydrogens (tertiary/aromatic N) is 1. The summed E-state index contributed by atoms with van der Waals surface area (Å²) in [6.45, 7) is 2.16. The number of likely N-dealkylation sites (tertiary alicyclic amines) is 1. The Morgan fingerprint density at radius 1 is 1.80 bits per heavy atom. The van der Waals surface area contributed by atoms with Gasteiger partial charge in [0.15, 0.2) is 6.73 Å². The number of carbonyl (C=O) groups excluding carboxylic acids is 2. The van der Waals surface area contributed by atoms with Gasteiger partial charge in [-0.3, -0.25) is 9.59 Å². The van der Waals surface area contributed by atoms with E-state index in [1.807, 2.05) is 0 Å². The van der Waals surface area contributed by atoms with Gasteiger partial charge in [0, 0.05) is 19.9 Å². The van der Waals surface area contributed by atoms with Crippen LogP contribution in [0.5, 0.6) is 0 Å². The van der Waals surface area contributed by atoms with Gasteiger partial charge >= 0.3 is 5.97 Å². The molecule has 1 fully saturated rings. The summed E-state index contributed by atoms with van der Waals surface area (Å²) >= 11 is 0. The lowest BCUT2D eigenvalue weighted by Crippen LogP contribution is -2.44. The SMILES string of the molecule is CC(=O)OCN1CCC1=O. The lowest BCUT2D eigenvalue weighted by Gasteiger charge is -2.29. The Kier molecular flexibility index (Phi) is 1.89. The first-order valence-electron chi connectivity index (χ1n) is 3.11. The zero-order chi connectivity index (χ0) is 7.56. The third-order valence-corrected chi connectivity index (χ3v) is 1.37. The second kappa shape index (κ2) is 2.68. The van der Waals surface area contributed by atoms with Crippen LogP contribution in [0.4, 0.5) is 0 Å². The number of hydrogen-bond acceptors (Lipinski definition) is 3. The van der Waals surface area contributed by atoms with Crippen molar-refractivity contribution in [2.45, 2.75) is 13.3 Å². The Morgan fingerprint density at radius 3 is 2.80 bits per heavy atom. The first-order chi connectivity index (χ1) is 4.70. The van der Waals surface area contributed by atoms with Gasteiger partial charge in [0.05, 0.1) is 0 Å². The molecule has 0 aliphatic carbocycles. The van der Waals surface area contributed by atoms with Gasteiger partial charge in [0.2, 0.25) is 5.91 Å². The van der Waals surface area contributed by atoms with Crippen molar-refractivity contribution in [1.82, 2.24) is 4.90 Å². The van der Waals surface area contributed by atoms with Gasteiger partial charge in [-0.25, -0.2) is 0 Å². The maximum Gasteiger partial charge on any atom is 0.304 e. The van der Waals surface area contributed by atoms with E-state index < -0.39 is 0 Å². The molecule has 0 radical (unpaired) electrons. The van der Waals surface area contributed by atoms with Crippen LogP contribution in [0.1, 0.15) is 13.3 Å². The van der Waals surface area contributed by atoms with E-state index in [1.165, 1.54) is 11.8 Å². The molecule has 1 rings (SSSR count). The van der Waals surface area contributed by atoms with Gasteiger partial charge in [-0.1, -0.05) is 0 Å². The van der Waals surface area contributed by atoms with E-state index in [2.05, 4.69) is 4.74 Å². The fourth-order valence-electron chi connectivity index (χ4n) is 0.667. The molecule has 56 valence electrons. The average molecular weight is 143 g/mol. The third-order valence-electron chi connectivity index (χ3n) is 1.37. The van der Waals surface area contributed by atoms with Gasteiger partial charge in [0.25, 0.3) is 0 Å². The van der Waals surface area contributed by atoms with Gasteiger partial charge < -0.3 is 9.64 Å². The molecule has 4 nitrogen and oxygen atoms in total. The molecule has 10 heavy (non-hydrogen) atoms. The van der Waals surface area contributed by atoms with Gasteiger partial charge in [-0.05, 0) is 0 Å². The maximum absolute atomic E-state index is 10.6. The zero-order valence-electron chi connectivity index (χ0n) is 5.79. The van der Waals surface area contributed by atoms with Crippen LogP contribution in [0, 0.1) is 0 Å². The number of carbonyl (C=O) groups is 2. The molecule has 4 heteroatoms. The Hall–Kier alpha value is -1.06. The fourth-order valence-corrected chi connectivity index (χ4v) is 0.667. The Morgan fingerprint density at radius 2 is 2.50 bits per heavy atom. The molecule has 0 aromatic heterocycles. The molecule has 1 saturated heterocycles. The molecule has 0 bridgehead atoms. The normalized spacial score (nSPS) is 16.5. The van der Waals surface area contributed by atoms with Gasteiger partial charge in [0.1, 0.15) is 0 Å². The van der Waals surface area contributed by atoms with Crippen molar-refractivity contribution in [3.63, 3.8) is 0 Å². The highest BCUT2D eigenvalue weighted by Gasteiger charge is 2.23. The monoisotopic (exact) mass is 143 g/mol. The predicted molar refractivity (Wildman–Crippen MR) is 33.0 cm³/mol. The highest BCUT2D eigenvalue weighted by atomic mass is 16.5. The second-order valence-electron chi connectivity index (χ2n) is 2.17. The predicted octanol–water partition coefficient (Wildman–Crippen LogP) is -0.261. The highest BCUT2D eigenvalue weighted by molar-refractivity contribution is 5.81. The van der Waals surface area contributed by atoms with Crippen molar-refractivity contribution in [3.05, 3.63) is 0 Å². The van der Waals surface area contributed by atoms with Crippen molar-refractivity contribution >= 4 is 11.9 Å². The van der Waals surface area contributed by atoms with E-state index in [0.29, 0.717) is 13.0 Å². The molecule has 0 spiro atoms. The van der Waals surface area contributed by atoms with E-state index in [1.54, 1.807) is 0 Å². The van der Waals surface area contributed by atoms with Crippen molar-refractivity contribution in [2.24, 2.45) is 0 Å². The highest BCUT2D eigenvalue weighted by Crippen LogP contribution is 2.06. The van der Waals surface area contributed by atoms with Crippen LogP contribution in [0.3, 0.4) is 0 Å². The van der Waals surface area contributed by atoms with E-state index >= 15 is 0 Å². The summed E-state index contributed by atoms with van der Waals surface area (Å²) < 4.78 is 4.58. The largest absolute Gasteiger partial charge is 0.444 e. The summed E-state index contributed by atoms with van der Waals surface area (Å²) in [7, 11) is 0. The Labute approximate surface area is 58.8 Å². The molecular formula is C6H9NO3. The minimum Gasteiger partial charge on any atom is -0.444 e. The molecule has 1 amide bonds. The van der Waals surface area contributed by atoms with Crippen molar-refractivity contribution < 1.29 is 14.3 Å². The van der Waals surface area contributed by atoms with E-state index in [0.717, 1.165) is 0 Å². The number of hydrogen-bond donors (Lipinski definition) is 0. The van der Waals surface area contributed by atoms with Crippen molar-refractivity contribution in [1.29, 1.82) is 0 Å². The second-order valence-corrected chi connectivity index (χ2v) is 2.17. The lowest BCUT2D eigenvalue weighted by molar-refractivity contribution is -0.156. The zero-order valence-corrected chi connectivity index (χ0v) is 5.79. The quantitative estimate of drug-likeness (QED) is 0.395.